The average Bonchev–Trinajstić information content (AvgIpc) is 2.96. The largest absolute Gasteiger partial charge is 0.495 e. The van der Waals surface area contributed by atoms with Gasteiger partial charge in [-0.15, -0.1) is 0 Å². The van der Waals surface area contributed by atoms with Crippen molar-refractivity contribution < 1.29 is 33.0 Å². The first kappa shape index (κ1) is 30.4. The van der Waals surface area contributed by atoms with Crippen molar-refractivity contribution in [3.63, 3.8) is 0 Å². The highest BCUT2D eigenvalue weighted by Crippen LogP contribution is 2.41. The summed E-state index contributed by atoms with van der Waals surface area (Å²) >= 11 is 0. The van der Waals surface area contributed by atoms with E-state index < -0.39 is 29.3 Å². The van der Waals surface area contributed by atoms with Crippen LogP contribution in [0.4, 0.5) is 15.9 Å². The highest BCUT2D eigenvalue weighted by molar-refractivity contribution is 5.96. The topological polar surface area (TPSA) is 119 Å². The lowest BCUT2D eigenvalue weighted by atomic mass is 9.94. The third kappa shape index (κ3) is 6.85. The molecular formula is C31H35FN4O6. The SMILES string of the molecule is COC(=O)c1cc(-c2ccnc(N3CCNCC3C(=O)OC(C)(C)C)c2)c(OC)c(-c2ccc(NC(C)=O)c(F)c2)c1. The normalized spacial score (nSPS) is 15.1. The van der Waals surface area contributed by atoms with Gasteiger partial charge in [-0.3, -0.25) is 4.79 Å². The van der Waals surface area contributed by atoms with Gasteiger partial charge in [0.15, 0.2) is 0 Å². The predicted octanol–water partition coefficient (Wildman–Crippen LogP) is 4.43. The van der Waals surface area contributed by atoms with Crippen molar-refractivity contribution in [3.8, 4) is 28.0 Å². The number of esters is 2. The van der Waals surface area contributed by atoms with Gasteiger partial charge >= 0.3 is 11.9 Å². The third-order valence-electron chi connectivity index (χ3n) is 6.58. The molecule has 222 valence electrons. The van der Waals surface area contributed by atoms with Crippen LogP contribution in [0.25, 0.3) is 22.3 Å². The van der Waals surface area contributed by atoms with Crippen LogP contribution in [0, 0.1) is 5.82 Å². The summed E-state index contributed by atoms with van der Waals surface area (Å²) in [6, 6.07) is 10.5. The molecule has 1 aliphatic rings. The molecular weight excluding hydrogens is 543 g/mol. The number of halogens is 1. The van der Waals surface area contributed by atoms with E-state index in [2.05, 4.69) is 15.6 Å². The van der Waals surface area contributed by atoms with E-state index in [1.54, 1.807) is 30.5 Å². The summed E-state index contributed by atoms with van der Waals surface area (Å²) in [5, 5.41) is 5.69. The number of carbonyl (C=O) groups excluding carboxylic acids is 3. The second-order valence-electron chi connectivity index (χ2n) is 10.8. The first-order chi connectivity index (χ1) is 19.9. The molecule has 2 heterocycles. The summed E-state index contributed by atoms with van der Waals surface area (Å²) < 4.78 is 31.4. The molecule has 2 aromatic carbocycles. The summed E-state index contributed by atoms with van der Waals surface area (Å²) in [6.07, 6.45) is 1.62. The lowest BCUT2D eigenvalue weighted by molar-refractivity contribution is -0.156. The number of aromatic nitrogens is 1. The number of pyridine rings is 1. The van der Waals surface area contributed by atoms with Crippen LogP contribution in [0.2, 0.25) is 0 Å². The van der Waals surface area contributed by atoms with Crippen LogP contribution >= 0.6 is 0 Å². The molecule has 0 radical (unpaired) electrons. The van der Waals surface area contributed by atoms with Crippen molar-refractivity contribution in [1.82, 2.24) is 10.3 Å². The number of hydrogen-bond donors (Lipinski definition) is 2. The predicted molar refractivity (Wildman–Crippen MR) is 157 cm³/mol. The number of benzene rings is 2. The van der Waals surface area contributed by atoms with Gasteiger partial charge in [0.05, 0.1) is 25.5 Å². The molecule has 42 heavy (non-hydrogen) atoms. The molecule has 1 saturated heterocycles. The Morgan fingerprint density at radius 3 is 2.33 bits per heavy atom. The monoisotopic (exact) mass is 578 g/mol. The minimum absolute atomic E-state index is 0.0314. The Kier molecular flexibility index (Phi) is 9.11. The van der Waals surface area contributed by atoms with E-state index >= 15 is 0 Å². The van der Waals surface area contributed by atoms with Gasteiger partial charge in [0, 0.05) is 43.9 Å². The van der Waals surface area contributed by atoms with Gasteiger partial charge in [-0.1, -0.05) is 6.07 Å². The molecule has 1 aromatic heterocycles. The molecule has 1 amide bonds. The van der Waals surface area contributed by atoms with Gasteiger partial charge in [0.2, 0.25) is 5.91 Å². The third-order valence-corrected chi connectivity index (χ3v) is 6.58. The number of piperazine rings is 1. The van der Waals surface area contributed by atoms with E-state index in [1.165, 1.54) is 33.3 Å². The average molecular weight is 579 g/mol. The van der Waals surface area contributed by atoms with E-state index in [0.29, 0.717) is 53.5 Å². The number of methoxy groups -OCH3 is 2. The zero-order chi connectivity index (χ0) is 30.6. The van der Waals surface area contributed by atoms with Gasteiger partial charge in [-0.25, -0.2) is 19.0 Å². The standard InChI is InChI=1S/C31H35FN4O6/c1-18(37)35-25-8-7-19(15-24(25)32)22-13-21(29(38)41-6)14-23(28(22)40-5)20-9-10-34-27(16-20)36-12-11-33-17-26(36)30(39)42-31(2,3)4/h7-10,13-16,26,33H,11-12,17H2,1-6H3,(H,35,37). The Labute approximate surface area is 244 Å². The molecule has 3 aromatic rings. The first-order valence-electron chi connectivity index (χ1n) is 13.5. The second-order valence-corrected chi connectivity index (χ2v) is 10.8. The lowest BCUT2D eigenvalue weighted by Crippen LogP contribution is -2.56. The van der Waals surface area contributed by atoms with Crippen LogP contribution in [0.3, 0.4) is 0 Å². The van der Waals surface area contributed by atoms with Crippen LogP contribution in [0.1, 0.15) is 38.1 Å². The minimum atomic E-state index is -0.645. The number of nitrogens with zero attached hydrogens (tertiary/aromatic N) is 2. The Morgan fingerprint density at radius 1 is 1.05 bits per heavy atom. The summed E-state index contributed by atoms with van der Waals surface area (Å²) in [6.45, 7) is 8.32. The Bertz CT molecular complexity index is 1500. The van der Waals surface area contributed by atoms with Crippen LogP contribution < -0.4 is 20.3 Å². The van der Waals surface area contributed by atoms with Gasteiger partial charge < -0.3 is 29.7 Å². The Morgan fingerprint density at radius 2 is 1.74 bits per heavy atom. The highest BCUT2D eigenvalue weighted by atomic mass is 19.1. The summed E-state index contributed by atoms with van der Waals surface area (Å²) in [7, 11) is 2.76. The van der Waals surface area contributed by atoms with Crippen molar-refractivity contribution in [2.45, 2.75) is 39.3 Å². The molecule has 2 N–H and O–H groups in total. The van der Waals surface area contributed by atoms with Crippen molar-refractivity contribution in [2.75, 3.05) is 44.1 Å². The van der Waals surface area contributed by atoms with E-state index in [9.17, 15) is 18.8 Å². The fourth-order valence-electron chi connectivity index (χ4n) is 4.79. The molecule has 1 aliphatic heterocycles. The number of hydrogen-bond acceptors (Lipinski definition) is 9. The smallest absolute Gasteiger partial charge is 0.337 e. The maximum atomic E-state index is 14.9. The molecule has 1 unspecified atom stereocenters. The summed E-state index contributed by atoms with van der Waals surface area (Å²) in [5.41, 5.74) is 1.66. The van der Waals surface area contributed by atoms with Crippen LogP contribution in [-0.2, 0) is 19.1 Å². The summed E-state index contributed by atoms with van der Waals surface area (Å²) in [5.74, 6) is -1.07. The summed E-state index contributed by atoms with van der Waals surface area (Å²) in [4.78, 5) is 43.7. The lowest BCUT2D eigenvalue weighted by Gasteiger charge is -2.37. The zero-order valence-electron chi connectivity index (χ0n) is 24.5. The quantitative estimate of drug-likeness (QED) is 0.393. The molecule has 0 bridgehead atoms. The fourth-order valence-corrected chi connectivity index (χ4v) is 4.79. The van der Waals surface area contributed by atoms with E-state index in [4.69, 9.17) is 14.2 Å². The van der Waals surface area contributed by atoms with Gasteiger partial charge in [0.25, 0.3) is 0 Å². The van der Waals surface area contributed by atoms with Crippen molar-refractivity contribution in [3.05, 3.63) is 60.0 Å². The molecule has 0 saturated carbocycles. The van der Waals surface area contributed by atoms with E-state index in [1.807, 2.05) is 31.7 Å². The van der Waals surface area contributed by atoms with Crippen molar-refractivity contribution in [2.24, 2.45) is 0 Å². The van der Waals surface area contributed by atoms with Crippen molar-refractivity contribution in [1.29, 1.82) is 0 Å². The number of ether oxygens (including phenoxy) is 3. The van der Waals surface area contributed by atoms with Gasteiger partial charge in [-0.05, 0) is 68.3 Å². The van der Waals surface area contributed by atoms with Gasteiger partial charge in [-0.2, -0.15) is 0 Å². The maximum Gasteiger partial charge on any atom is 0.337 e. The van der Waals surface area contributed by atoms with E-state index in [-0.39, 0.29) is 17.2 Å². The minimum Gasteiger partial charge on any atom is -0.495 e. The van der Waals surface area contributed by atoms with Crippen LogP contribution in [0.5, 0.6) is 5.75 Å². The van der Waals surface area contributed by atoms with Gasteiger partial charge in [0.1, 0.15) is 29.0 Å². The number of anilines is 2. The molecule has 1 fully saturated rings. The number of nitrogens with one attached hydrogen (secondary N) is 2. The Balaban J connectivity index is 1.82. The van der Waals surface area contributed by atoms with Crippen LogP contribution in [0.15, 0.2) is 48.7 Å². The molecule has 10 nitrogen and oxygen atoms in total. The zero-order valence-corrected chi connectivity index (χ0v) is 24.5. The van der Waals surface area contributed by atoms with E-state index in [0.717, 1.165) is 0 Å². The number of amides is 1. The molecule has 0 aliphatic carbocycles. The number of carbonyl (C=O) groups is 3. The Hall–Kier alpha value is -4.51. The molecule has 1 atom stereocenters. The highest BCUT2D eigenvalue weighted by Gasteiger charge is 2.33. The van der Waals surface area contributed by atoms with Crippen LogP contribution in [-0.4, -0.2) is 68.3 Å². The van der Waals surface area contributed by atoms with Crippen molar-refractivity contribution >= 4 is 29.4 Å². The first-order valence-corrected chi connectivity index (χ1v) is 13.5. The fraction of sp³-hybridized carbons (Fsp3) is 0.355. The molecule has 0 spiro atoms. The second kappa shape index (κ2) is 12.6. The molecule has 4 rings (SSSR count). The molecule has 11 heteroatoms. The number of rotatable bonds is 7. The maximum absolute atomic E-state index is 14.9.